The van der Waals surface area contributed by atoms with Gasteiger partial charge in [-0.2, -0.15) is 0 Å². The second-order valence-electron chi connectivity index (χ2n) is 7.89. The molecule has 1 aliphatic rings. The SMILES string of the molecule is O=C1C(=O)N(c2ccc(Cl)c(Cl)c2)C(c2ccc(O)cc2)/C1=C(/O)c1cccc2ccccc12. The van der Waals surface area contributed by atoms with Crippen LogP contribution in [-0.4, -0.2) is 21.9 Å². The van der Waals surface area contributed by atoms with Crippen LogP contribution in [0.1, 0.15) is 17.2 Å². The summed E-state index contributed by atoms with van der Waals surface area (Å²) < 4.78 is 0. The summed E-state index contributed by atoms with van der Waals surface area (Å²) in [5, 5.41) is 23.4. The van der Waals surface area contributed by atoms with E-state index in [9.17, 15) is 19.8 Å². The molecule has 7 heteroatoms. The highest BCUT2D eigenvalue weighted by Gasteiger charge is 2.47. The first-order valence-corrected chi connectivity index (χ1v) is 11.2. The predicted octanol–water partition coefficient (Wildman–Crippen LogP) is 6.48. The maximum absolute atomic E-state index is 13.3. The number of carbonyl (C=O) groups excluding carboxylic acids is 2. The smallest absolute Gasteiger partial charge is 0.300 e. The molecule has 5 rings (SSSR count). The van der Waals surface area contributed by atoms with Crippen LogP contribution in [0.5, 0.6) is 5.75 Å². The standard InChI is InChI=1S/C27H17Cl2NO4/c28-21-13-10-17(14-22(21)29)30-24(16-8-11-18(31)12-9-16)23(26(33)27(30)34)25(32)20-7-3-5-15-4-1-2-6-19(15)20/h1-14,24,31-32H/b25-23-. The van der Waals surface area contributed by atoms with Gasteiger partial charge < -0.3 is 10.2 Å². The Morgan fingerprint density at radius 1 is 0.824 bits per heavy atom. The number of anilines is 1. The Hall–Kier alpha value is -3.80. The predicted molar refractivity (Wildman–Crippen MR) is 133 cm³/mol. The Balaban J connectivity index is 1.78. The van der Waals surface area contributed by atoms with E-state index in [4.69, 9.17) is 23.2 Å². The number of aliphatic hydroxyl groups excluding tert-OH is 1. The highest BCUT2D eigenvalue weighted by Crippen LogP contribution is 2.44. The molecule has 1 fully saturated rings. The zero-order valence-corrected chi connectivity index (χ0v) is 19.1. The molecule has 1 saturated heterocycles. The van der Waals surface area contributed by atoms with Crippen LogP contribution >= 0.6 is 23.2 Å². The number of fused-ring (bicyclic) bond motifs is 1. The van der Waals surface area contributed by atoms with Crippen LogP contribution < -0.4 is 4.90 Å². The first-order chi connectivity index (χ1) is 16.4. The van der Waals surface area contributed by atoms with Crippen LogP contribution in [-0.2, 0) is 9.59 Å². The average Bonchev–Trinajstić information content (AvgIpc) is 3.11. The molecule has 1 atom stereocenters. The number of nitrogens with zero attached hydrogens (tertiary/aromatic N) is 1. The van der Waals surface area contributed by atoms with Gasteiger partial charge in [0, 0.05) is 11.3 Å². The number of Topliss-reactive ketones (excluding diaryl/α,β-unsaturated/α-hetero) is 1. The molecule has 0 radical (unpaired) electrons. The van der Waals surface area contributed by atoms with Gasteiger partial charge in [0.05, 0.1) is 21.7 Å². The van der Waals surface area contributed by atoms with Crippen LogP contribution in [0, 0.1) is 0 Å². The molecule has 1 amide bonds. The number of phenolic OH excluding ortho intramolecular Hbond substituents is 1. The van der Waals surface area contributed by atoms with Gasteiger partial charge in [0.15, 0.2) is 0 Å². The Kier molecular flexibility index (Phi) is 5.52. The van der Waals surface area contributed by atoms with Crippen molar-refractivity contribution in [1.29, 1.82) is 0 Å². The summed E-state index contributed by atoms with van der Waals surface area (Å²) in [5.41, 5.74) is 1.27. The van der Waals surface area contributed by atoms with Crippen molar-refractivity contribution in [3.05, 3.63) is 112 Å². The van der Waals surface area contributed by atoms with Gasteiger partial charge in [0.25, 0.3) is 11.7 Å². The van der Waals surface area contributed by atoms with E-state index in [1.807, 2.05) is 30.3 Å². The minimum absolute atomic E-state index is 0.0318. The van der Waals surface area contributed by atoms with Gasteiger partial charge in [-0.15, -0.1) is 0 Å². The molecule has 0 bridgehead atoms. The molecule has 0 aromatic heterocycles. The Morgan fingerprint density at radius 3 is 2.26 bits per heavy atom. The molecular formula is C27H17Cl2NO4. The monoisotopic (exact) mass is 489 g/mol. The lowest BCUT2D eigenvalue weighted by atomic mass is 9.93. The molecule has 5 nitrogen and oxygen atoms in total. The molecule has 0 spiro atoms. The van der Waals surface area contributed by atoms with E-state index in [1.165, 1.54) is 29.2 Å². The highest BCUT2D eigenvalue weighted by molar-refractivity contribution is 6.52. The first kappa shape index (κ1) is 22.0. The van der Waals surface area contributed by atoms with Gasteiger partial charge in [-0.1, -0.05) is 77.8 Å². The number of benzene rings is 4. The van der Waals surface area contributed by atoms with Crippen LogP contribution in [0.2, 0.25) is 10.0 Å². The molecule has 4 aromatic carbocycles. The van der Waals surface area contributed by atoms with E-state index in [1.54, 1.807) is 30.3 Å². The Bertz CT molecular complexity index is 1490. The molecule has 0 aliphatic carbocycles. The lowest BCUT2D eigenvalue weighted by molar-refractivity contribution is -0.132. The van der Waals surface area contributed by atoms with Crippen molar-refractivity contribution in [2.24, 2.45) is 0 Å². The number of rotatable bonds is 3. The molecule has 34 heavy (non-hydrogen) atoms. The van der Waals surface area contributed by atoms with Gasteiger partial charge >= 0.3 is 0 Å². The van der Waals surface area contributed by atoms with E-state index in [2.05, 4.69) is 0 Å². The van der Waals surface area contributed by atoms with Crippen molar-refractivity contribution < 1.29 is 19.8 Å². The van der Waals surface area contributed by atoms with Gasteiger partial charge in [0.2, 0.25) is 0 Å². The number of amides is 1. The fourth-order valence-corrected chi connectivity index (χ4v) is 4.58. The van der Waals surface area contributed by atoms with Crippen molar-refractivity contribution >= 4 is 57.1 Å². The number of phenols is 1. The largest absolute Gasteiger partial charge is 0.508 e. The Morgan fingerprint density at radius 2 is 1.53 bits per heavy atom. The number of aromatic hydroxyl groups is 1. The van der Waals surface area contributed by atoms with Gasteiger partial charge in [-0.25, -0.2) is 0 Å². The fourth-order valence-electron chi connectivity index (χ4n) is 4.28. The molecule has 0 saturated carbocycles. The quantitative estimate of drug-likeness (QED) is 0.196. The number of aliphatic hydroxyl groups is 1. The molecule has 4 aromatic rings. The summed E-state index contributed by atoms with van der Waals surface area (Å²) in [6, 6.07) is 22.7. The lowest BCUT2D eigenvalue weighted by Gasteiger charge is -2.26. The third kappa shape index (κ3) is 3.59. The zero-order chi connectivity index (χ0) is 24.0. The number of halogens is 2. The molecule has 1 heterocycles. The number of carbonyl (C=O) groups is 2. The van der Waals surface area contributed by atoms with Crippen molar-refractivity contribution in [3.8, 4) is 5.75 Å². The summed E-state index contributed by atoms with van der Waals surface area (Å²) in [4.78, 5) is 27.9. The van der Waals surface area contributed by atoms with E-state index in [0.717, 1.165) is 10.8 Å². The molecular weight excluding hydrogens is 473 g/mol. The van der Waals surface area contributed by atoms with E-state index < -0.39 is 17.7 Å². The fraction of sp³-hybridized carbons (Fsp3) is 0.0370. The second-order valence-corrected chi connectivity index (χ2v) is 8.70. The number of hydrogen-bond acceptors (Lipinski definition) is 4. The second kappa shape index (κ2) is 8.52. The van der Waals surface area contributed by atoms with Crippen LogP contribution in [0.15, 0.2) is 90.5 Å². The molecule has 1 unspecified atom stereocenters. The van der Waals surface area contributed by atoms with Gasteiger partial charge in [0.1, 0.15) is 11.5 Å². The third-order valence-electron chi connectivity index (χ3n) is 5.88. The minimum Gasteiger partial charge on any atom is -0.508 e. The molecule has 1 aliphatic heterocycles. The van der Waals surface area contributed by atoms with Gasteiger partial charge in [-0.05, 0) is 46.7 Å². The lowest BCUT2D eigenvalue weighted by Crippen LogP contribution is -2.29. The topological polar surface area (TPSA) is 77.8 Å². The van der Waals surface area contributed by atoms with Crippen molar-refractivity contribution in [2.45, 2.75) is 6.04 Å². The van der Waals surface area contributed by atoms with E-state index >= 15 is 0 Å². The number of ketones is 1. The third-order valence-corrected chi connectivity index (χ3v) is 6.62. The minimum atomic E-state index is -0.947. The summed E-state index contributed by atoms with van der Waals surface area (Å²) in [6.45, 7) is 0. The summed E-state index contributed by atoms with van der Waals surface area (Å²) in [7, 11) is 0. The van der Waals surface area contributed by atoms with Crippen molar-refractivity contribution in [2.75, 3.05) is 4.90 Å². The number of hydrogen-bond donors (Lipinski definition) is 2. The van der Waals surface area contributed by atoms with Crippen LogP contribution in [0.25, 0.3) is 16.5 Å². The molecule has 2 N–H and O–H groups in total. The van der Waals surface area contributed by atoms with E-state index in [-0.39, 0.29) is 22.1 Å². The van der Waals surface area contributed by atoms with Crippen LogP contribution in [0.4, 0.5) is 5.69 Å². The van der Waals surface area contributed by atoms with Crippen molar-refractivity contribution in [1.82, 2.24) is 0 Å². The highest BCUT2D eigenvalue weighted by atomic mass is 35.5. The van der Waals surface area contributed by atoms with Crippen molar-refractivity contribution in [3.63, 3.8) is 0 Å². The first-order valence-electron chi connectivity index (χ1n) is 10.4. The average molecular weight is 490 g/mol. The van der Waals surface area contributed by atoms with Crippen LogP contribution in [0.3, 0.4) is 0 Å². The summed E-state index contributed by atoms with van der Waals surface area (Å²) >= 11 is 12.3. The maximum atomic E-state index is 13.3. The molecule has 168 valence electrons. The van der Waals surface area contributed by atoms with E-state index in [0.29, 0.717) is 21.8 Å². The maximum Gasteiger partial charge on any atom is 0.300 e. The zero-order valence-electron chi connectivity index (χ0n) is 17.6. The normalized spacial score (nSPS) is 17.5. The Labute approximate surface area is 205 Å². The van der Waals surface area contributed by atoms with Gasteiger partial charge in [-0.3, -0.25) is 14.5 Å². The summed E-state index contributed by atoms with van der Waals surface area (Å²) in [5.74, 6) is -1.88. The summed E-state index contributed by atoms with van der Waals surface area (Å²) in [6.07, 6.45) is 0.